The van der Waals surface area contributed by atoms with Crippen molar-refractivity contribution >= 4 is 53.4 Å². The first-order chi connectivity index (χ1) is 13.7. The fourth-order valence-electron chi connectivity index (χ4n) is 2.83. The average Bonchev–Trinajstić information content (AvgIpc) is 3.05. The highest BCUT2D eigenvalue weighted by molar-refractivity contribution is 9.10. The van der Waals surface area contributed by atoms with Crippen molar-refractivity contribution in [1.29, 1.82) is 0 Å². The summed E-state index contributed by atoms with van der Waals surface area (Å²) in [5.74, 6) is -0.406. The molecule has 1 amide bonds. The first kappa shape index (κ1) is 21.9. The molecule has 0 saturated carbocycles. The first-order valence-electron chi connectivity index (χ1n) is 9.11. The Labute approximate surface area is 182 Å². The highest BCUT2D eigenvalue weighted by Gasteiger charge is 2.23. The van der Waals surface area contributed by atoms with Gasteiger partial charge in [0.05, 0.1) is 15.1 Å². The van der Waals surface area contributed by atoms with Crippen molar-refractivity contribution in [2.24, 2.45) is 4.99 Å². The molecule has 1 heterocycles. The van der Waals surface area contributed by atoms with Gasteiger partial charge in [-0.05, 0) is 73.1 Å². The Morgan fingerprint density at radius 2 is 1.86 bits per heavy atom. The third-order valence-corrected chi connectivity index (χ3v) is 8.40. The van der Waals surface area contributed by atoms with Gasteiger partial charge in [0.2, 0.25) is 10.0 Å². The van der Waals surface area contributed by atoms with E-state index in [9.17, 15) is 13.2 Å². The molecular weight excluding hydrogens is 474 g/mol. The predicted octanol–water partition coefficient (Wildman–Crippen LogP) is 4.26. The number of para-hydroxylation sites is 1. The van der Waals surface area contributed by atoms with Crippen molar-refractivity contribution in [3.05, 3.63) is 57.3 Å². The van der Waals surface area contributed by atoms with E-state index in [-0.39, 0.29) is 10.9 Å². The summed E-state index contributed by atoms with van der Waals surface area (Å²) in [6.07, 6.45) is 0. The summed E-state index contributed by atoms with van der Waals surface area (Å²) in [6.45, 7) is 6.29. The number of halogens is 1. The second kappa shape index (κ2) is 8.51. The average molecular weight is 496 g/mol. The van der Waals surface area contributed by atoms with Crippen molar-refractivity contribution in [1.82, 2.24) is 8.87 Å². The zero-order valence-corrected chi connectivity index (χ0v) is 19.8. The van der Waals surface area contributed by atoms with Gasteiger partial charge in [-0.1, -0.05) is 17.4 Å². The van der Waals surface area contributed by atoms with E-state index in [0.29, 0.717) is 16.9 Å². The number of rotatable bonds is 5. The van der Waals surface area contributed by atoms with E-state index in [0.717, 1.165) is 14.7 Å². The van der Waals surface area contributed by atoms with E-state index in [1.165, 1.54) is 47.0 Å². The molecule has 3 aromatic rings. The number of aryl methyl sites for hydroxylation is 1. The molecule has 0 radical (unpaired) electrons. The molecule has 29 heavy (non-hydrogen) atoms. The lowest BCUT2D eigenvalue weighted by atomic mass is 10.2. The number of amides is 1. The van der Waals surface area contributed by atoms with E-state index >= 15 is 0 Å². The number of hydrogen-bond donors (Lipinski definition) is 0. The van der Waals surface area contributed by atoms with Crippen LogP contribution in [0.5, 0.6) is 0 Å². The molecule has 154 valence electrons. The number of hydrogen-bond acceptors (Lipinski definition) is 4. The molecule has 1 aromatic heterocycles. The minimum absolute atomic E-state index is 0.152. The van der Waals surface area contributed by atoms with Crippen molar-refractivity contribution in [2.75, 3.05) is 7.05 Å². The monoisotopic (exact) mass is 495 g/mol. The number of carbonyl (C=O) groups excluding carboxylic acids is 1. The Morgan fingerprint density at radius 3 is 2.45 bits per heavy atom. The Kier molecular flexibility index (Phi) is 6.42. The van der Waals surface area contributed by atoms with Crippen LogP contribution in [0.2, 0.25) is 0 Å². The van der Waals surface area contributed by atoms with Crippen molar-refractivity contribution in [3.8, 4) is 0 Å². The van der Waals surface area contributed by atoms with Crippen LogP contribution < -0.4 is 4.80 Å². The molecule has 3 rings (SSSR count). The molecule has 0 fully saturated rings. The molecule has 0 N–H and O–H groups in total. The number of carbonyl (C=O) groups is 1. The van der Waals surface area contributed by atoms with E-state index in [1.807, 2.05) is 29.7 Å². The summed E-state index contributed by atoms with van der Waals surface area (Å²) in [5.41, 5.74) is 1.35. The number of sulfonamides is 1. The largest absolute Gasteiger partial charge is 0.316 e. The lowest BCUT2D eigenvalue weighted by Gasteiger charge is -2.20. The summed E-state index contributed by atoms with van der Waals surface area (Å²) in [7, 11) is -2.05. The van der Waals surface area contributed by atoms with Crippen LogP contribution in [0.1, 0.15) is 31.1 Å². The van der Waals surface area contributed by atoms with Crippen molar-refractivity contribution in [2.45, 2.75) is 38.3 Å². The number of nitrogens with zero attached hydrogens (tertiary/aromatic N) is 3. The van der Waals surface area contributed by atoms with Gasteiger partial charge < -0.3 is 4.57 Å². The molecule has 0 bridgehead atoms. The molecule has 0 spiro atoms. The van der Waals surface area contributed by atoms with Gasteiger partial charge in [0.15, 0.2) is 4.80 Å². The zero-order chi connectivity index (χ0) is 21.3. The minimum atomic E-state index is -3.59. The molecule has 0 aliphatic rings. The van der Waals surface area contributed by atoms with Gasteiger partial charge in [-0.2, -0.15) is 9.30 Å². The lowest BCUT2D eigenvalue weighted by molar-refractivity contribution is 0.0997. The molecule has 2 aromatic carbocycles. The maximum Gasteiger partial charge on any atom is 0.279 e. The van der Waals surface area contributed by atoms with Gasteiger partial charge in [0, 0.05) is 29.7 Å². The molecule has 0 saturated heterocycles. The van der Waals surface area contributed by atoms with Crippen LogP contribution in [-0.4, -0.2) is 36.3 Å². The summed E-state index contributed by atoms with van der Waals surface area (Å²) in [6, 6.07) is 11.7. The Hall–Kier alpha value is -1.81. The fourth-order valence-corrected chi connectivity index (χ4v) is 6.03. The number of thiazole rings is 1. The normalized spacial score (nSPS) is 13.0. The van der Waals surface area contributed by atoms with Crippen LogP contribution >= 0.6 is 27.3 Å². The van der Waals surface area contributed by atoms with E-state index < -0.39 is 15.9 Å². The second-order valence-corrected chi connectivity index (χ2v) is 10.6. The van der Waals surface area contributed by atoms with Crippen LogP contribution in [0.4, 0.5) is 0 Å². The Bertz CT molecular complexity index is 1230. The quantitative estimate of drug-likeness (QED) is 0.530. The van der Waals surface area contributed by atoms with Crippen molar-refractivity contribution in [3.63, 3.8) is 0 Å². The second-order valence-electron chi connectivity index (χ2n) is 6.77. The van der Waals surface area contributed by atoms with E-state index in [4.69, 9.17) is 0 Å². The SMILES string of the molecule is CCn1c(=NC(=O)c2ccc(S(=O)(=O)N(C)C(C)C)cc2)sc2cccc(Br)c21. The predicted molar refractivity (Wildman–Crippen MR) is 120 cm³/mol. The third-order valence-electron chi connectivity index (χ3n) is 4.67. The van der Waals surface area contributed by atoms with Gasteiger partial charge in [-0.3, -0.25) is 4.79 Å². The standard InChI is InChI=1S/C20H22BrN3O3S2/c1-5-24-18-16(21)7-6-8-17(18)28-20(24)22-19(25)14-9-11-15(12-10-14)29(26,27)23(4)13(2)3/h6-13H,5H2,1-4H3. The zero-order valence-electron chi connectivity index (χ0n) is 16.6. The minimum Gasteiger partial charge on any atom is -0.316 e. The maximum atomic E-state index is 12.7. The summed E-state index contributed by atoms with van der Waals surface area (Å²) in [4.78, 5) is 17.8. The van der Waals surface area contributed by atoms with Gasteiger partial charge >= 0.3 is 0 Å². The van der Waals surface area contributed by atoms with Crippen LogP contribution in [0.15, 0.2) is 56.8 Å². The third kappa shape index (κ3) is 4.23. The van der Waals surface area contributed by atoms with Crippen molar-refractivity contribution < 1.29 is 13.2 Å². The number of fused-ring (bicyclic) bond motifs is 1. The molecular formula is C20H22BrN3O3S2. The van der Waals surface area contributed by atoms with Gasteiger partial charge in [-0.25, -0.2) is 8.42 Å². The van der Waals surface area contributed by atoms with E-state index in [2.05, 4.69) is 20.9 Å². The Balaban J connectivity index is 1.99. The summed E-state index contributed by atoms with van der Waals surface area (Å²) < 4.78 is 30.4. The van der Waals surface area contributed by atoms with Crippen LogP contribution in [-0.2, 0) is 16.6 Å². The highest BCUT2D eigenvalue weighted by Crippen LogP contribution is 2.25. The van der Waals surface area contributed by atoms with Gasteiger partial charge in [-0.15, -0.1) is 0 Å². The van der Waals surface area contributed by atoms with Crippen LogP contribution in [0.3, 0.4) is 0 Å². The topological polar surface area (TPSA) is 71.7 Å². The van der Waals surface area contributed by atoms with Crippen LogP contribution in [0, 0.1) is 0 Å². The van der Waals surface area contributed by atoms with Crippen LogP contribution in [0.25, 0.3) is 10.2 Å². The lowest BCUT2D eigenvalue weighted by Crippen LogP contribution is -2.33. The van der Waals surface area contributed by atoms with E-state index in [1.54, 1.807) is 13.8 Å². The maximum absolute atomic E-state index is 12.7. The molecule has 0 atom stereocenters. The molecule has 0 unspecified atom stereocenters. The number of aromatic nitrogens is 1. The smallest absolute Gasteiger partial charge is 0.279 e. The molecule has 6 nitrogen and oxygen atoms in total. The van der Waals surface area contributed by atoms with Gasteiger partial charge in [0.25, 0.3) is 5.91 Å². The van der Waals surface area contributed by atoms with Gasteiger partial charge in [0.1, 0.15) is 0 Å². The summed E-state index contributed by atoms with van der Waals surface area (Å²) >= 11 is 5.00. The molecule has 9 heteroatoms. The molecule has 0 aliphatic heterocycles. The first-order valence-corrected chi connectivity index (χ1v) is 12.2. The highest BCUT2D eigenvalue weighted by atomic mass is 79.9. The Morgan fingerprint density at radius 1 is 1.21 bits per heavy atom. The fraction of sp³-hybridized carbons (Fsp3) is 0.300. The molecule has 0 aliphatic carbocycles. The number of benzene rings is 2. The summed E-state index contributed by atoms with van der Waals surface area (Å²) in [5, 5.41) is 0.